The standard InChI is InChI=1S/C22H28FN3O3S/c1-3-24(16-19-9-5-4-8-18(19)2)17-22(27)25-12-14-26(15-13-25)30(28,29)21-11-7-6-10-20(21)23/h4-11H,3,12-17H2,1-2H3. The lowest BCUT2D eigenvalue weighted by Gasteiger charge is -2.35. The second-order valence-electron chi connectivity index (χ2n) is 7.45. The fourth-order valence-electron chi connectivity index (χ4n) is 3.57. The van der Waals surface area contributed by atoms with Crippen molar-refractivity contribution in [3.8, 4) is 0 Å². The van der Waals surface area contributed by atoms with E-state index in [2.05, 4.69) is 24.0 Å². The van der Waals surface area contributed by atoms with Gasteiger partial charge in [0, 0.05) is 32.7 Å². The molecule has 1 fully saturated rings. The van der Waals surface area contributed by atoms with Gasteiger partial charge >= 0.3 is 0 Å². The second kappa shape index (κ2) is 9.68. The second-order valence-corrected chi connectivity index (χ2v) is 9.35. The van der Waals surface area contributed by atoms with E-state index in [0.29, 0.717) is 19.6 Å². The van der Waals surface area contributed by atoms with Crippen molar-refractivity contribution in [3.63, 3.8) is 0 Å². The van der Waals surface area contributed by atoms with Gasteiger partial charge in [0.2, 0.25) is 15.9 Å². The average Bonchev–Trinajstić information content (AvgIpc) is 2.75. The topological polar surface area (TPSA) is 60.9 Å². The van der Waals surface area contributed by atoms with E-state index in [1.165, 1.54) is 33.6 Å². The predicted octanol–water partition coefficient (Wildman–Crippen LogP) is 2.49. The quantitative estimate of drug-likeness (QED) is 0.673. The molecule has 0 bridgehead atoms. The number of nitrogens with zero attached hydrogens (tertiary/aromatic N) is 3. The van der Waals surface area contributed by atoms with Crippen LogP contribution in [-0.2, 0) is 21.4 Å². The molecule has 30 heavy (non-hydrogen) atoms. The van der Waals surface area contributed by atoms with E-state index in [4.69, 9.17) is 0 Å². The van der Waals surface area contributed by atoms with Gasteiger partial charge in [0.1, 0.15) is 10.7 Å². The SMILES string of the molecule is CCN(CC(=O)N1CCN(S(=O)(=O)c2ccccc2F)CC1)Cc1ccccc1C. The zero-order chi connectivity index (χ0) is 21.7. The highest BCUT2D eigenvalue weighted by molar-refractivity contribution is 7.89. The van der Waals surface area contributed by atoms with Crippen LogP contribution in [0.4, 0.5) is 4.39 Å². The molecular formula is C22H28FN3O3S. The van der Waals surface area contributed by atoms with Crippen LogP contribution in [0, 0.1) is 12.7 Å². The van der Waals surface area contributed by atoms with Gasteiger partial charge < -0.3 is 4.90 Å². The van der Waals surface area contributed by atoms with Crippen molar-refractivity contribution < 1.29 is 17.6 Å². The summed E-state index contributed by atoms with van der Waals surface area (Å²) in [7, 11) is -3.91. The molecule has 0 N–H and O–H groups in total. The Bertz CT molecular complexity index is 989. The number of sulfonamides is 1. The Labute approximate surface area is 177 Å². The van der Waals surface area contributed by atoms with E-state index < -0.39 is 15.8 Å². The number of aryl methyl sites for hydroxylation is 1. The van der Waals surface area contributed by atoms with Gasteiger partial charge in [0.25, 0.3) is 0 Å². The summed E-state index contributed by atoms with van der Waals surface area (Å²) in [6, 6.07) is 13.5. The van der Waals surface area contributed by atoms with Gasteiger partial charge in [-0.3, -0.25) is 9.69 Å². The third kappa shape index (κ3) is 5.06. The van der Waals surface area contributed by atoms with Gasteiger partial charge in [-0.25, -0.2) is 12.8 Å². The Morgan fingerprint density at radius 3 is 2.30 bits per heavy atom. The molecule has 3 rings (SSSR count). The van der Waals surface area contributed by atoms with Crippen LogP contribution in [-0.4, -0.2) is 67.7 Å². The summed E-state index contributed by atoms with van der Waals surface area (Å²) in [5.74, 6) is -0.779. The Morgan fingerprint density at radius 1 is 1.03 bits per heavy atom. The molecule has 0 saturated carbocycles. The number of likely N-dealkylation sites (N-methyl/N-ethyl adjacent to an activating group) is 1. The number of halogens is 1. The number of carbonyl (C=O) groups is 1. The summed E-state index contributed by atoms with van der Waals surface area (Å²) in [5, 5.41) is 0. The summed E-state index contributed by atoms with van der Waals surface area (Å²) in [6.07, 6.45) is 0. The fourth-order valence-corrected chi connectivity index (χ4v) is 5.06. The van der Waals surface area contributed by atoms with Crippen LogP contribution in [0.25, 0.3) is 0 Å². The Kier molecular flexibility index (Phi) is 7.23. The Balaban J connectivity index is 1.58. The minimum absolute atomic E-state index is 0.0200. The molecular weight excluding hydrogens is 405 g/mol. The number of rotatable bonds is 7. The number of piperazine rings is 1. The maximum Gasteiger partial charge on any atom is 0.246 e. The molecule has 0 spiro atoms. The van der Waals surface area contributed by atoms with Crippen LogP contribution in [0.15, 0.2) is 53.4 Å². The highest BCUT2D eigenvalue weighted by atomic mass is 32.2. The fraction of sp³-hybridized carbons (Fsp3) is 0.409. The van der Waals surface area contributed by atoms with Crippen LogP contribution >= 0.6 is 0 Å². The molecule has 0 aliphatic carbocycles. The molecule has 1 aliphatic heterocycles. The summed E-state index contributed by atoms with van der Waals surface area (Å²) in [4.78, 5) is 16.2. The third-order valence-electron chi connectivity index (χ3n) is 5.51. The number of carbonyl (C=O) groups excluding carboxylic acids is 1. The number of amides is 1. The number of hydrogen-bond donors (Lipinski definition) is 0. The third-order valence-corrected chi connectivity index (χ3v) is 7.44. The van der Waals surface area contributed by atoms with Crippen molar-refractivity contribution in [2.75, 3.05) is 39.3 Å². The predicted molar refractivity (Wildman–Crippen MR) is 114 cm³/mol. The van der Waals surface area contributed by atoms with Crippen LogP contribution in [0.2, 0.25) is 0 Å². The van der Waals surface area contributed by atoms with Crippen molar-refractivity contribution >= 4 is 15.9 Å². The van der Waals surface area contributed by atoms with Crippen LogP contribution in [0.1, 0.15) is 18.1 Å². The molecule has 2 aromatic rings. The molecule has 6 nitrogen and oxygen atoms in total. The van der Waals surface area contributed by atoms with E-state index in [-0.39, 0.29) is 30.4 Å². The van der Waals surface area contributed by atoms with E-state index in [1.807, 2.05) is 19.1 Å². The lowest BCUT2D eigenvalue weighted by atomic mass is 10.1. The van der Waals surface area contributed by atoms with Gasteiger partial charge in [-0.15, -0.1) is 0 Å². The lowest BCUT2D eigenvalue weighted by molar-refractivity contribution is -0.133. The van der Waals surface area contributed by atoms with Gasteiger partial charge in [0.15, 0.2) is 0 Å². The molecule has 8 heteroatoms. The summed E-state index contributed by atoms with van der Waals surface area (Å²) >= 11 is 0. The van der Waals surface area contributed by atoms with E-state index in [1.54, 1.807) is 4.90 Å². The lowest BCUT2D eigenvalue weighted by Crippen LogP contribution is -2.52. The normalized spacial score (nSPS) is 15.5. The minimum Gasteiger partial charge on any atom is -0.339 e. The van der Waals surface area contributed by atoms with E-state index in [0.717, 1.165) is 12.6 Å². The molecule has 2 aromatic carbocycles. The van der Waals surface area contributed by atoms with Gasteiger partial charge in [-0.2, -0.15) is 4.31 Å². The largest absolute Gasteiger partial charge is 0.339 e. The molecule has 1 saturated heterocycles. The van der Waals surface area contributed by atoms with Crippen LogP contribution in [0.5, 0.6) is 0 Å². The van der Waals surface area contributed by atoms with E-state index >= 15 is 0 Å². The average molecular weight is 434 g/mol. The molecule has 1 heterocycles. The summed E-state index contributed by atoms with van der Waals surface area (Å²) < 4.78 is 40.6. The minimum atomic E-state index is -3.91. The summed E-state index contributed by atoms with van der Waals surface area (Å²) in [6.45, 7) is 6.70. The maximum atomic E-state index is 14.0. The van der Waals surface area contributed by atoms with Crippen molar-refractivity contribution in [2.24, 2.45) is 0 Å². The monoisotopic (exact) mass is 433 g/mol. The number of hydrogen-bond acceptors (Lipinski definition) is 4. The van der Waals surface area contributed by atoms with Crippen LogP contribution < -0.4 is 0 Å². The first-order valence-corrected chi connectivity index (χ1v) is 11.6. The zero-order valence-electron chi connectivity index (χ0n) is 17.4. The van der Waals surface area contributed by atoms with Crippen molar-refractivity contribution in [3.05, 3.63) is 65.5 Å². The van der Waals surface area contributed by atoms with Crippen molar-refractivity contribution in [1.82, 2.24) is 14.1 Å². The van der Waals surface area contributed by atoms with Gasteiger partial charge in [-0.05, 0) is 36.7 Å². The first-order chi connectivity index (χ1) is 14.3. The van der Waals surface area contributed by atoms with Crippen molar-refractivity contribution in [1.29, 1.82) is 0 Å². The first kappa shape index (κ1) is 22.4. The molecule has 0 radical (unpaired) electrons. The molecule has 1 aliphatic rings. The molecule has 0 atom stereocenters. The van der Waals surface area contributed by atoms with Gasteiger partial charge in [-0.1, -0.05) is 43.3 Å². The van der Waals surface area contributed by atoms with Crippen LogP contribution in [0.3, 0.4) is 0 Å². The summed E-state index contributed by atoms with van der Waals surface area (Å²) in [5.41, 5.74) is 2.38. The highest BCUT2D eigenvalue weighted by Gasteiger charge is 2.32. The first-order valence-electron chi connectivity index (χ1n) is 10.1. The zero-order valence-corrected chi connectivity index (χ0v) is 18.2. The Hall–Kier alpha value is -2.29. The highest BCUT2D eigenvalue weighted by Crippen LogP contribution is 2.20. The number of benzene rings is 2. The Morgan fingerprint density at radius 2 is 1.67 bits per heavy atom. The molecule has 162 valence electrons. The molecule has 1 amide bonds. The van der Waals surface area contributed by atoms with Gasteiger partial charge in [0.05, 0.1) is 6.54 Å². The van der Waals surface area contributed by atoms with E-state index in [9.17, 15) is 17.6 Å². The molecule has 0 aromatic heterocycles. The van der Waals surface area contributed by atoms with Crippen molar-refractivity contribution in [2.45, 2.75) is 25.3 Å². The molecule has 0 unspecified atom stereocenters. The smallest absolute Gasteiger partial charge is 0.246 e. The maximum absolute atomic E-state index is 14.0.